The molecule has 364 valence electrons. The maximum Gasteiger partial charge on any atom is 0.362 e. The molecule has 0 aliphatic carbocycles. The number of carboxylic acid groups (broad SMARTS) is 1. The number of esters is 2. The number of carbonyl (C=O) groups excluding carboxylic acids is 2. The van der Waals surface area contributed by atoms with Crippen LogP contribution in [0.3, 0.4) is 0 Å². The number of quaternary nitrogens is 1. The summed E-state index contributed by atoms with van der Waals surface area (Å²) in [5, 5.41) is 9.65. The van der Waals surface area contributed by atoms with E-state index in [1.165, 1.54) is 116 Å². The Morgan fingerprint density at radius 1 is 0.476 bits per heavy atom. The van der Waals surface area contributed by atoms with E-state index in [9.17, 15) is 19.5 Å². The summed E-state index contributed by atoms with van der Waals surface area (Å²) in [7, 11) is 5.53. The van der Waals surface area contributed by atoms with Gasteiger partial charge >= 0.3 is 17.9 Å². The summed E-state index contributed by atoms with van der Waals surface area (Å²) in [6.45, 7) is 4.68. The predicted molar refractivity (Wildman–Crippen MR) is 266 cm³/mol. The molecule has 0 aromatic carbocycles. The van der Waals surface area contributed by atoms with Gasteiger partial charge in [0.1, 0.15) is 6.61 Å². The van der Waals surface area contributed by atoms with Crippen LogP contribution < -0.4 is 0 Å². The number of carbonyl (C=O) groups is 3. The quantitative estimate of drug-likeness (QED) is 0.0281. The number of carboxylic acids is 1. The molecule has 0 aliphatic rings. The lowest BCUT2D eigenvalue weighted by atomic mass is 10.1. The molecule has 0 aromatic rings. The number of allylic oxidation sites excluding steroid dienone is 10. The molecule has 8 heteroatoms. The monoisotopic (exact) mass is 885 g/mol. The van der Waals surface area contributed by atoms with Gasteiger partial charge in [0.05, 0.1) is 34.4 Å². The highest BCUT2D eigenvalue weighted by molar-refractivity contribution is 5.72. The van der Waals surface area contributed by atoms with Gasteiger partial charge in [0.2, 0.25) is 0 Å². The Labute approximate surface area is 388 Å². The first-order valence-electron chi connectivity index (χ1n) is 25.8. The summed E-state index contributed by atoms with van der Waals surface area (Å²) < 4.78 is 17.3. The summed E-state index contributed by atoms with van der Waals surface area (Å²) in [5.41, 5.74) is 0. The molecule has 0 saturated carbocycles. The molecule has 0 rings (SSSR count). The van der Waals surface area contributed by atoms with Gasteiger partial charge in [-0.1, -0.05) is 177 Å². The number of rotatable bonds is 46. The van der Waals surface area contributed by atoms with Gasteiger partial charge in [0.25, 0.3) is 0 Å². The van der Waals surface area contributed by atoms with E-state index in [1.807, 2.05) is 21.1 Å². The highest BCUT2D eigenvalue weighted by atomic mass is 16.6. The first-order valence-corrected chi connectivity index (χ1v) is 25.8. The Bertz CT molecular complexity index is 1210. The Morgan fingerprint density at radius 3 is 1.24 bits per heavy atom. The highest BCUT2D eigenvalue weighted by Gasteiger charge is 2.31. The smallest absolute Gasteiger partial charge is 0.362 e. The minimum atomic E-state index is -0.877. The van der Waals surface area contributed by atoms with Crippen LogP contribution in [0.1, 0.15) is 219 Å². The molecule has 63 heavy (non-hydrogen) atoms. The topological polar surface area (TPSA) is 99.1 Å². The molecular formula is C55H98NO7+. The maximum atomic E-state index is 12.8. The van der Waals surface area contributed by atoms with Crippen molar-refractivity contribution in [3.8, 4) is 0 Å². The summed E-state index contributed by atoms with van der Waals surface area (Å²) in [6, 6.07) is -0.619. The molecule has 0 fully saturated rings. The molecule has 0 saturated heterocycles. The van der Waals surface area contributed by atoms with Crippen molar-refractivity contribution in [1.29, 1.82) is 0 Å². The van der Waals surface area contributed by atoms with Gasteiger partial charge < -0.3 is 23.8 Å². The number of ether oxygens (including phenoxy) is 3. The maximum absolute atomic E-state index is 12.8. The molecule has 1 N–H and O–H groups in total. The van der Waals surface area contributed by atoms with Crippen molar-refractivity contribution in [1.82, 2.24) is 0 Å². The molecule has 0 aromatic heterocycles. The average molecular weight is 885 g/mol. The lowest BCUT2D eigenvalue weighted by molar-refractivity contribution is -0.887. The number of hydrogen-bond donors (Lipinski definition) is 1. The van der Waals surface area contributed by atoms with Crippen molar-refractivity contribution in [2.45, 2.75) is 231 Å². The Kier molecular flexibility index (Phi) is 43.4. The third-order valence-corrected chi connectivity index (χ3v) is 11.4. The Balaban J connectivity index is 4.27. The second kappa shape index (κ2) is 45.6. The van der Waals surface area contributed by atoms with Crippen molar-refractivity contribution < 1.29 is 38.2 Å². The minimum absolute atomic E-state index is 0.0550. The third kappa shape index (κ3) is 44.0. The van der Waals surface area contributed by atoms with Crippen LogP contribution in [-0.4, -0.2) is 80.6 Å². The van der Waals surface area contributed by atoms with Gasteiger partial charge in [-0.25, -0.2) is 4.79 Å². The van der Waals surface area contributed by atoms with Gasteiger partial charge in [0, 0.05) is 19.3 Å². The van der Waals surface area contributed by atoms with Crippen molar-refractivity contribution in [3.63, 3.8) is 0 Å². The summed E-state index contributed by atoms with van der Waals surface area (Å²) in [4.78, 5) is 37.2. The lowest BCUT2D eigenvalue weighted by Crippen LogP contribution is -2.50. The Hall–Kier alpha value is -2.97. The van der Waals surface area contributed by atoms with E-state index in [2.05, 4.69) is 74.6 Å². The second-order valence-corrected chi connectivity index (χ2v) is 18.4. The fraction of sp³-hybridized carbons (Fsp3) is 0.764. The van der Waals surface area contributed by atoms with E-state index in [4.69, 9.17) is 14.2 Å². The van der Waals surface area contributed by atoms with E-state index in [0.717, 1.165) is 70.6 Å². The second-order valence-electron chi connectivity index (χ2n) is 18.4. The standard InChI is InChI=1S/C55H97NO7/c1-6-8-10-12-14-16-18-20-22-24-25-26-27-28-30-32-34-36-38-40-42-44-46-54(58)63-51(49-61-48-47-52(55(59)60)56(3,4)5)50-62-53(57)45-43-41-39-37-35-33-31-29-23-21-19-17-15-13-11-9-7-2/h14-17,20-23,25-26,51-52H,6-13,18-19,24,27-50H2,1-5H3/p+1/b16-14+,17-15+,22-20+,23-21+,26-25+. The zero-order valence-corrected chi connectivity index (χ0v) is 41.5. The van der Waals surface area contributed by atoms with Crippen LogP contribution in [0.25, 0.3) is 0 Å². The summed E-state index contributed by atoms with van der Waals surface area (Å²) >= 11 is 0. The number of likely N-dealkylation sites (N-methyl/N-ethyl adjacent to an activating group) is 1. The normalized spacial score (nSPS) is 13.3. The van der Waals surface area contributed by atoms with Gasteiger partial charge in [-0.3, -0.25) is 9.59 Å². The Morgan fingerprint density at radius 2 is 0.841 bits per heavy atom. The molecule has 0 amide bonds. The SMILES string of the molecule is CCCCC/C=C/C/C=C/C/C=C/CCCCCCCCCCCC(=O)OC(COCCC(C(=O)O)[N+](C)(C)C)COC(=O)CCCCCCCCC/C=C/C/C=C/CCCCC. The van der Waals surface area contributed by atoms with Crippen LogP contribution in [0, 0.1) is 0 Å². The van der Waals surface area contributed by atoms with Crippen molar-refractivity contribution in [3.05, 3.63) is 60.8 Å². The van der Waals surface area contributed by atoms with Gasteiger partial charge in [-0.05, 0) is 83.5 Å². The summed E-state index contributed by atoms with van der Waals surface area (Å²) in [6.07, 6.45) is 56.9. The van der Waals surface area contributed by atoms with E-state index in [1.54, 1.807) is 0 Å². The predicted octanol–water partition coefficient (Wildman–Crippen LogP) is 14.9. The molecular weight excluding hydrogens is 787 g/mol. The van der Waals surface area contributed by atoms with Crippen LogP contribution in [0.4, 0.5) is 0 Å². The fourth-order valence-electron chi connectivity index (χ4n) is 7.36. The molecule has 0 bridgehead atoms. The molecule has 0 radical (unpaired) electrons. The first-order chi connectivity index (χ1) is 30.6. The average Bonchev–Trinajstić information content (AvgIpc) is 3.24. The van der Waals surface area contributed by atoms with Gasteiger partial charge in [-0.15, -0.1) is 0 Å². The lowest BCUT2D eigenvalue weighted by Gasteiger charge is -2.31. The number of hydrogen-bond acceptors (Lipinski definition) is 6. The van der Waals surface area contributed by atoms with Gasteiger partial charge in [0.15, 0.2) is 12.1 Å². The highest BCUT2D eigenvalue weighted by Crippen LogP contribution is 2.15. The van der Waals surface area contributed by atoms with Crippen LogP contribution in [0.2, 0.25) is 0 Å². The van der Waals surface area contributed by atoms with E-state index in [-0.39, 0.29) is 36.2 Å². The van der Waals surface area contributed by atoms with Crippen LogP contribution >= 0.6 is 0 Å². The van der Waals surface area contributed by atoms with Gasteiger partial charge in [-0.2, -0.15) is 0 Å². The third-order valence-electron chi connectivity index (χ3n) is 11.4. The minimum Gasteiger partial charge on any atom is -0.477 e. The van der Waals surface area contributed by atoms with E-state index >= 15 is 0 Å². The zero-order chi connectivity index (χ0) is 46.3. The van der Waals surface area contributed by atoms with Crippen LogP contribution in [0.5, 0.6) is 0 Å². The number of aliphatic carboxylic acids is 1. The van der Waals surface area contributed by atoms with Crippen LogP contribution in [-0.2, 0) is 28.6 Å². The summed E-state index contributed by atoms with van der Waals surface area (Å²) in [5.74, 6) is -1.48. The van der Waals surface area contributed by atoms with Crippen LogP contribution in [0.15, 0.2) is 60.8 Å². The molecule has 0 aliphatic heterocycles. The molecule has 2 atom stereocenters. The van der Waals surface area contributed by atoms with Crippen molar-refractivity contribution >= 4 is 17.9 Å². The van der Waals surface area contributed by atoms with Crippen molar-refractivity contribution in [2.75, 3.05) is 41.0 Å². The molecule has 8 nitrogen and oxygen atoms in total. The van der Waals surface area contributed by atoms with Crippen molar-refractivity contribution in [2.24, 2.45) is 0 Å². The molecule has 2 unspecified atom stereocenters. The number of unbranched alkanes of at least 4 members (excludes halogenated alkanes) is 22. The zero-order valence-electron chi connectivity index (χ0n) is 41.5. The van der Waals surface area contributed by atoms with E-state index in [0.29, 0.717) is 19.3 Å². The number of nitrogens with zero attached hydrogens (tertiary/aromatic N) is 1. The fourth-order valence-corrected chi connectivity index (χ4v) is 7.36. The first kappa shape index (κ1) is 60.0. The molecule has 0 heterocycles. The molecule has 0 spiro atoms. The van der Waals surface area contributed by atoms with E-state index < -0.39 is 18.1 Å². The largest absolute Gasteiger partial charge is 0.477 e.